The first-order valence-corrected chi connectivity index (χ1v) is 11.6. The minimum atomic E-state index is -0.942. The van der Waals surface area contributed by atoms with Gasteiger partial charge in [-0.15, -0.1) is 0 Å². The first-order valence-electron chi connectivity index (χ1n) is 11.6. The topological polar surface area (TPSA) is 84.9 Å². The van der Waals surface area contributed by atoms with Crippen molar-refractivity contribution in [2.75, 3.05) is 11.4 Å². The molecule has 7 heteroatoms. The van der Waals surface area contributed by atoms with Crippen LogP contribution in [0.5, 0.6) is 0 Å². The second kappa shape index (κ2) is 7.97. The second-order valence-electron chi connectivity index (χ2n) is 11.0. The van der Waals surface area contributed by atoms with Crippen molar-refractivity contribution in [3.05, 3.63) is 41.5 Å². The standard InChI is InChI=1S/C26H34N2O5/c1-14(2)21(22(29)27-25(5,6)7)32-24(31)19-18-10-11-26(33-18)13-28(23(30)20(19)26)17-9-8-15(3)12-16(17)4/h8-12,14,18-21H,13H2,1-7H3,(H,27,29)/t18-,19+,20+,21+,26-/m1/s1. The van der Waals surface area contributed by atoms with Crippen LogP contribution in [0.2, 0.25) is 0 Å². The van der Waals surface area contributed by atoms with Gasteiger partial charge in [0.15, 0.2) is 6.10 Å². The smallest absolute Gasteiger partial charge is 0.313 e. The van der Waals surface area contributed by atoms with E-state index in [1.807, 2.05) is 78.8 Å². The van der Waals surface area contributed by atoms with Gasteiger partial charge >= 0.3 is 5.97 Å². The number of nitrogens with zero attached hydrogens (tertiary/aromatic N) is 1. The van der Waals surface area contributed by atoms with Crippen molar-refractivity contribution in [3.8, 4) is 0 Å². The van der Waals surface area contributed by atoms with Gasteiger partial charge in [-0.05, 0) is 52.2 Å². The molecule has 7 nitrogen and oxygen atoms in total. The van der Waals surface area contributed by atoms with Crippen LogP contribution < -0.4 is 10.2 Å². The van der Waals surface area contributed by atoms with E-state index in [9.17, 15) is 14.4 Å². The molecule has 2 saturated heterocycles. The Labute approximate surface area is 195 Å². The first-order chi connectivity index (χ1) is 15.3. The van der Waals surface area contributed by atoms with Gasteiger partial charge in [0.2, 0.25) is 5.91 Å². The summed E-state index contributed by atoms with van der Waals surface area (Å²) in [5.74, 6) is -2.70. The average molecular weight is 455 g/mol. The molecule has 3 aliphatic rings. The summed E-state index contributed by atoms with van der Waals surface area (Å²) in [6, 6.07) is 5.95. The van der Waals surface area contributed by atoms with Crippen molar-refractivity contribution in [1.29, 1.82) is 0 Å². The average Bonchev–Trinajstić information content (AvgIpc) is 3.32. The molecule has 1 aromatic carbocycles. The fourth-order valence-electron chi connectivity index (χ4n) is 5.22. The highest BCUT2D eigenvalue weighted by molar-refractivity contribution is 6.03. The van der Waals surface area contributed by atoms with Crippen LogP contribution in [-0.2, 0) is 23.9 Å². The molecule has 3 aliphatic heterocycles. The predicted molar refractivity (Wildman–Crippen MR) is 125 cm³/mol. The number of esters is 1. The Hall–Kier alpha value is -2.67. The van der Waals surface area contributed by atoms with Crippen LogP contribution in [0.25, 0.3) is 0 Å². The highest BCUT2D eigenvalue weighted by Crippen LogP contribution is 2.53. The molecule has 4 rings (SSSR count). The van der Waals surface area contributed by atoms with Crippen LogP contribution in [-0.4, -0.2) is 47.7 Å². The van der Waals surface area contributed by atoms with E-state index in [1.165, 1.54) is 0 Å². The fraction of sp³-hybridized carbons (Fsp3) is 0.577. The molecule has 1 N–H and O–H groups in total. The van der Waals surface area contributed by atoms with Gasteiger partial charge in [0.05, 0.1) is 18.6 Å². The zero-order valence-corrected chi connectivity index (χ0v) is 20.5. The lowest BCUT2D eigenvalue weighted by molar-refractivity contribution is -0.165. The molecule has 5 atom stereocenters. The first kappa shape index (κ1) is 23.5. The Morgan fingerprint density at radius 1 is 1.24 bits per heavy atom. The number of anilines is 1. The van der Waals surface area contributed by atoms with Crippen molar-refractivity contribution in [3.63, 3.8) is 0 Å². The van der Waals surface area contributed by atoms with Crippen LogP contribution in [0, 0.1) is 31.6 Å². The highest BCUT2D eigenvalue weighted by Gasteiger charge is 2.67. The Morgan fingerprint density at radius 3 is 2.55 bits per heavy atom. The Morgan fingerprint density at radius 2 is 1.94 bits per heavy atom. The molecule has 2 bridgehead atoms. The molecular weight excluding hydrogens is 420 g/mol. The van der Waals surface area contributed by atoms with Crippen molar-refractivity contribution >= 4 is 23.5 Å². The van der Waals surface area contributed by atoms with Crippen LogP contribution in [0.3, 0.4) is 0 Å². The fourth-order valence-corrected chi connectivity index (χ4v) is 5.22. The summed E-state index contributed by atoms with van der Waals surface area (Å²) >= 11 is 0. The summed E-state index contributed by atoms with van der Waals surface area (Å²) in [6.45, 7) is 13.6. The third-order valence-corrected chi connectivity index (χ3v) is 6.62. The van der Waals surface area contributed by atoms with E-state index in [4.69, 9.17) is 9.47 Å². The molecule has 0 radical (unpaired) electrons. The molecule has 0 aromatic heterocycles. The molecule has 0 aliphatic carbocycles. The van der Waals surface area contributed by atoms with Crippen molar-refractivity contribution < 1.29 is 23.9 Å². The lowest BCUT2D eigenvalue weighted by Gasteiger charge is -2.29. The summed E-state index contributed by atoms with van der Waals surface area (Å²) in [5.41, 5.74) is 1.65. The van der Waals surface area contributed by atoms with Crippen LogP contribution in [0.1, 0.15) is 45.7 Å². The van der Waals surface area contributed by atoms with Gasteiger partial charge in [-0.25, -0.2) is 0 Å². The number of ether oxygens (including phenoxy) is 2. The summed E-state index contributed by atoms with van der Waals surface area (Å²) in [5, 5.41) is 2.89. The van der Waals surface area contributed by atoms with E-state index in [-0.39, 0.29) is 17.7 Å². The Kier molecular flexibility index (Phi) is 5.68. The predicted octanol–water partition coefficient (Wildman–Crippen LogP) is 3.07. The van der Waals surface area contributed by atoms with E-state index in [2.05, 4.69) is 5.32 Å². The number of rotatable bonds is 5. The normalized spacial score (nSPS) is 28.9. The van der Waals surface area contributed by atoms with Crippen molar-refractivity contribution in [1.82, 2.24) is 5.32 Å². The zero-order valence-electron chi connectivity index (χ0n) is 20.5. The minimum Gasteiger partial charge on any atom is -0.452 e. The number of fused-ring (bicyclic) bond motifs is 1. The monoisotopic (exact) mass is 454 g/mol. The minimum absolute atomic E-state index is 0.143. The highest BCUT2D eigenvalue weighted by atomic mass is 16.6. The molecule has 1 aromatic rings. The van der Waals surface area contributed by atoms with Gasteiger partial charge in [0, 0.05) is 11.2 Å². The van der Waals surface area contributed by atoms with Gasteiger partial charge in [-0.2, -0.15) is 0 Å². The van der Waals surface area contributed by atoms with E-state index < -0.39 is 41.2 Å². The van der Waals surface area contributed by atoms with Crippen LogP contribution >= 0.6 is 0 Å². The van der Waals surface area contributed by atoms with Gasteiger partial charge < -0.3 is 19.7 Å². The quantitative estimate of drug-likeness (QED) is 0.546. The largest absolute Gasteiger partial charge is 0.452 e. The molecule has 1 spiro atoms. The van der Waals surface area contributed by atoms with Crippen LogP contribution in [0.15, 0.2) is 30.4 Å². The van der Waals surface area contributed by atoms with Gasteiger partial charge in [-0.3, -0.25) is 14.4 Å². The van der Waals surface area contributed by atoms with Gasteiger partial charge in [-0.1, -0.05) is 43.7 Å². The number of carbonyl (C=O) groups excluding carboxylic acids is 3. The maximum Gasteiger partial charge on any atom is 0.313 e. The summed E-state index contributed by atoms with van der Waals surface area (Å²) in [7, 11) is 0. The molecule has 3 heterocycles. The van der Waals surface area contributed by atoms with Gasteiger partial charge in [0.25, 0.3) is 5.91 Å². The van der Waals surface area contributed by atoms with Crippen molar-refractivity contribution in [2.45, 2.75) is 71.8 Å². The summed E-state index contributed by atoms with van der Waals surface area (Å²) < 4.78 is 12.0. The number of hydrogen-bond donors (Lipinski definition) is 1. The Bertz CT molecular complexity index is 1020. The van der Waals surface area contributed by atoms with E-state index >= 15 is 0 Å². The number of aryl methyl sites for hydroxylation is 2. The molecule has 0 saturated carbocycles. The molecular formula is C26H34N2O5. The third-order valence-electron chi connectivity index (χ3n) is 6.62. The van der Waals surface area contributed by atoms with E-state index in [0.29, 0.717) is 6.54 Å². The summed E-state index contributed by atoms with van der Waals surface area (Å²) in [4.78, 5) is 41.5. The van der Waals surface area contributed by atoms with Gasteiger partial charge in [0.1, 0.15) is 11.5 Å². The lowest BCUT2D eigenvalue weighted by Crippen LogP contribution is -2.50. The zero-order chi connectivity index (χ0) is 24.3. The molecule has 0 unspecified atom stereocenters. The Balaban J connectivity index is 1.58. The molecule has 2 amide bonds. The van der Waals surface area contributed by atoms with E-state index in [0.717, 1.165) is 16.8 Å². The number of carbonyl (C=O) groups is 3. The van der Waals surface area contributed by atoms with E-state index in [1.54, 1.807) is 4.90 Å². The molecule has 178 valence electrons. The molecule has 33 heavy (non-hydrogen) atoms. The van der Waals surface area contributed by atoms with Crippen LogP contribution in [0.4, 0.5) is 5.69 Å². The SMILES string of the molecule is Cc1ccc(N2C[C@@]34C=C[C@@H](O3)[C@H](C(=O)O[C@H](C(=O)NC(C)(C)C)C(C)C)[C@H]4C2=O)c(C)c1. The number of nitrogens with one attached hydrogen (secondary N) is 1. The maximum atomic E-state index is 13.6. The molecule has 2 fully saturated rings. The number of benzene rings is 1. The number of hydrogen-bond acceptors (Lipinski definition) is 5. The van der Waals surface area contributed by atoms with Crippen molar-refractivity contribution in [2.24, 2.45) is 17.8 Å². The number of amides is 2. The lowest BCUT2D eigenvalue weighted by atomic mass is 9.77. The summed E-state index contributed by atoms with van der Waals surface area (Å²) in [6.07, 6.45) is 2.30. The third kappa shape index (κ3) is 4.07. The maximum absolute atomic E-state index is 13.6. The second-order valence-corrected chi connectivity index (χ2v) is 11.0.